The molecule has 1 aliphatic carbocycles. The molecule has 0 unspecified atom stereocenters. The van der Waals surface area contributed by atoms with Crippen molar-refractivity contribution in [3.05, 3.63) is 34.7 Å². The number of rotatable bonds is 4. The Kier molecular flexibility index (Phi) is 4.79. The van der Waals surface area contributed by atoms with Gasteiger partial charge in [-0.15, -0.1) is 0 Å². The summed E-state index contributed by atoms with van der Waals surface area (Å²) in [7, 11) is -2.09. The highest BCUT2D eigenvalue weighted by atomic mass is 28.3. The van der Waals surface area contributed by atoms with E-state index in [0.29, 0.717) is 0 Å². The summed E-state index contributed by atoms with van der Waals surface area (Å²) in [6, 6.07) is 0. The van der Waals surface area contributed by atoms with Gasteiger partial charge in [0.15, 0.2) is 0 Å². The van der Waals surface area contributed by atoms with Crippen LogP contribution < -0.4 is 0 Å². The highest BCUT2D eigenvalue weighted by Gasteiger charge is 2.14. The minimum absolute atomic E-state index is 1.04. The Labute approximate surface area is 110 Å². The monoisotopic (exact) mass is 264 g/mol. The predicted octanol–water partition coefficient (Wildman–Crippen LogP) is 5.33. The maximum absolute atomic E-state index is 2.48. The zero-order valence-corrected chi connectivity index (χ0v) is 14.4. The van der Waals surface area contributed by atoms with Gasteiger partial charge >= 0.3 is 0 Å². The molecule has 0 aliphatic heterocycles. The van der Waals surface area contributed by atoms with E-state index in [-0.39, 0.29) is 0 Å². The molecular formula is C15H28Si2. The molecule has 0 aromatic heterocycles. The topological polar surface area (TPSA) is 0 Å². The standard InChI is InChI=1S/C15H28Si2/c1-16(2,3)12-10-14-8-7-9-15(14)11-13-17(4,5)6/h10-13H,7-9H2,1-6H3/b12-10-,13-11+. The summed E-state index contributed by atoms with van der Waals surface area (Å²) in [6.45, 7) is 14.4. The summed E-state index contributed by atoms with van der Waals surface area (Å²) in [5.41, 5.74) is 8.16. The second kappa shape index (κ2) is 5.53. The van der Waals surface area contributed by atoms with Gasteiger partial charge in [-0.3, -0.25) is 0 Å². The fraction of sp³-hybridized carbons (Fsp3) is 0.600. The third-order valence-corrected chi connectivity index (χ3v) is 5.21. The first-order valence-corrected chi connectivity index (χ1v) is 13.9. The molecule has 0 nitrogen and oxygen atoms in total. The van der Waals surface area contributed by atoms with E-state index < -0.39 is 16.1 Å². The quantitative estimate of drug-likeness (QED) is 0.602. The Morgan fingerprint density at radius 1 is 0.706 bits per heavy atom. The molecule has 0 fully saturated rings. The maximum Gasteiger partial charge on any atom is 0.0687 e. The molecule has 0 heterocycles. The summed E-state index contributed by atoms with van der Waals surface area (Å²) >= 11 is 0. The molecule has 96 valence electrons. The summed E-state index contributed by atoms with van der Waals surface area (Å²) in [6.07, 6.45) is 8.75. The molecule has 0 N–H and O–H groups in total. The van der Waals surface area contributed by atoms with Crippen LogP contribution in [0.2, 0.25) is 39.3 Å². The van der Waals surface area contributed by atoms with E-state index in [9.17, 15) is 0 Å². The van der Waals surface area contributed by atoms with E-state index in [0.717, 1.165) is 0 Å². The predicted molar refractivity (Wildman–Crippen MR) is 85.8 cm³/mol. The van der Waals surface area contributed by atoms with Crippen molar-refractivity contribution in [2.45, 2.75) is 58.5 Å². The van der Waals surface area contributed by atoms with Crippen LogP contribution in [0.4, 0.5) is 0 Å². The van der Waals surface area contributed by atoms with E-state index in [1.54, 1.807) is 11.1 Å². The maximum atomic E-state index is 2.48. The van der Waals surface area contributed by atoms with Gasteiger partial charge in [-0.05, 0) is 30.4 Å². The van der Waals surface area contributed by atoms with E-state index in [1.165, 1.54) is 19.3 Å². The first-order valence-electron chi connectivity index (χ1n) is 6.78. The van der Waals surface area contributed by atoms with Gasteiger partial charge in [0.05, 0.1) is 16.1 Å². The minimum Gasteiger partial charge on any atom is -0.0947 e. The molecule has 0 bridgehead atoms. The number of hydrogen-bond acceptors (Lipinski definition) is 0. The van der Waals surface area contributed by atoms with Gasteiger partial charge in [-0.1, -0.05) is 62.8 Å². The molecular weight excluding hydrogens is 236 g/mol. The lowest BCUT2D eigenvalue weighted by Gasteiger charge is -2.10. The normalized spacial score (nSPS) is 18.9. The molecule has 0 spiro atoms. The van der Waals surface area contributed by atoms with Crippen LogP contribution in [0.15, 0.2) is 34.7 Å². The van der Waals surface area contributed by atoms with Crippen molar-refractivity contribution in [1.82, 2.24) is 0 Å². The molecule has 0 saturated heterocycles. The Balaban J connectivity index is 2.81. The molecule has 17 heavy (non-hydrogen) atoms. The number of hydrogen-bond donors (Lipinski definition) is 0. The molecule has 0 aromatic rings. The third kappa shape index (κ3) is 6.22. The Morgan fingerprint density at radius 3 is 1.35 bits per heavy atom. The molecule has 1 rings (SSSR count). The van der Waals surface area contributed by atoms with Gasteiger partial charge in [0, 0.05) is 0 Å². The molecule has 2 heteroatoms. The average Bonchev–Trinajstić information content (AvgIpc) is 2.56. The van der Waals surface area contributed by atoms with Crippen molar-refractivity contribution < 1.29 is 0 Å². The summed E-state index contributed by atoms with van der Waals surface area (Å²) < 4.78 is 0. The van der Waals surface area contributed by atoms with Gasteiger partial charge < -0.3 is 0 Å². The molecule has 0 atom stereocenters. The first kappa shape index (κ1) is 14.7. The van der Waals surface area contributed by atoms with Crippen molar-refractivity contribution in [2.24, 2.45) is 0 Å². The molecule has 0 radical (unpaired) electrons. The summed E-state index contributed by atoms with van der Waals surface area (Å²) in [5.74, 6) is 0. The van der Waals surface area contributed by atoms with Crippen LogP contribution in [0, 0.1) is 0 Å². The molecule has 1 aliphatic rings. The van der Waals surface area contributed by atoms with Crippen molar-refractivity contribution >= 4 is 16.1 Å². The van der Waals surface area contributed by atoms with Gasteiger partial charge in [0.25, 0.3) is 0 Å². The first-order chi connectivity index (χ1) is 7.67. The fourth-order valence-corrected chi connectivity index (χ4v) is 3.27. The van der Waals surface area contributed by atoms with Crippen LogP contribution in [0.5, 0.6) is 0 Å². The number of allylic oxidation sites excluding steroid dienone is 4. The van der Waals surface area contributed by atoms with Crippen LogP contribution in [0.3, 0.4) is 0 Å². The van der Waals surface area contributed by atoms with Crippen LogP contribution in [-0.4, -0.2) is 16.1 Å². The highest BCUT2D eigenvalue weighted by Crippen LogP contribution is 2.28. The van der Waals surface area contributed by atoms with E-state index in [2.05, 4.69) is 62.8 Å². The second-order valence-corrected chi connectivity index (χ2v) is 17.4. The van der Waals surface area contributed by atoms with Gasteiger partial charge in [-0.25, -0.2) is 0 Å². The van der Waals surface area contributed by atoms with Crippen molar-refractivity contribution in [2.75, 3.05) is 0 Å². The molecule has 0 amide bonds. The largest absolute Gasteiger partial charge is 0.0947 e. The van der Waals surface area contributed by atoms with Gasteiger partial charge in [0.2, 0.25) is 0 Å². The lowest BCUT2D eigenvalue weighted by molar-refractivity contribution is 0.906. The van der Waals surface area contributed by atoms with Crippen LogP contribution in [-0.2, 0) is 0 Å². The van der Waals surface area contributed by atoms with Crippen LogP contribution in [0.1, 0.15) is 19.3 Å². The van der Waals surface area contributed by atoms with E-state index in [1.807, 2.05) is 0 Å². The van der Waals surface area contributed by atoms with Crippen LogP contribution >= 0.6 is 0 Å². The third-order valence-electron chi connectivity index (χ3n) is 2.87. The second-order valence-electron chi connectivity index (χ2n) is 7.30. The zero-order chi connectivity index (χ0) is 13.1. The summed E-state index contributed by atoms with van der Waals surface area (Å²) in [5, 5.41) is 0. The average molecular weight is 265 g/mol. The smallest absolute Gasteiger partial charge is 0.0687 e. The van der Waals surface area contributed by atoms with E-state index in [4.69, 9.17) is 0 Å². The zero-order valence-electron chi connectivity index (χ0n) is 12.4. The van der Waals surface area contributed by atoms with E-state index >= 15 is 0 Å². The summed E-state index contributed by atoms with van der Waals surface area (Å²) in [4.78, 5) is 0. The fourth-order valence-electron chi connectivity index (χ4n) is 1.87. The van der Waals surface area contributed by atoms with Gasteiger partial charge in [-0.2, -0.15) is 0 Å². The van der Waals surface area contributed by atoms with Crippen molar-refractivity contribution in [3.8, 4) is 0 Å². The van der Waals surface area contributed by atoms with Gasteiger partial charge in [0.1, 0.15) is 0 Å². The Hall–Kier alpha value is -0.346. The van der Waals surface area contributed by atoms with Crippen molar-refractivity contribution in [1.29, 1.82) is 0 Å². The highest BCUT2D eigenvalue weighted by molar-refractivity contribution is 6.81. The minimum atomic E-state index is -1.04. The molecule has 0 saturated carbocycles. The SMILES string of the molecule is C[Si](C)(C)/C=C\C1=C(/C=C/[Si](C)(C)C)CCC1. The van der Waals surface area contributed by atoms with Crippen molar-refractivity contribution in [3.63, 3.8) is 0 Å². The lowest BCUT2D eigenvalue weighted by Crippen LogP contribution is -2.15. The lowest BCUT2D eigenvalue weighted by atomic mass is 10.1. The van der Waals surface area contributed by atoms with Crippen LogP contribution in [0.25, 0.3) is 0 Å². The Bertz CT molecular complexity index is 312. The Morgan fingerprint density at radius 2 is 1.06 bits per heavy atom. The molecule has 0 aromatic carbocycles.